The van der Waals surface area contributed by atoms with Gasteiger partial charge >= 0.3 is 0 Å². The van der Waals surface area contributed by atoms with Crippen LogP contribution in [0.4, 0.5) is 0 Å². The van der Waals surface area contributed by atoms with Crippen LogP contribution in [-0.4, -0.2) is 15.8 Å². The smallest absolute Gasteiger partial charge is 0.0760 e. The lowest BCUT2D eigenvalue weighted by Gasteiger charge is -2.56. The molecule has 3 atom stereocenters. The molecule has 1 aliphatic heterocycles. The van der Waals surface area contributed by atoms with Crippen LogP contribution >= 0.6 is 15.9 Å². The second-order valence-electron chi connectivity index (χ2n) is 6.31. The van der Waals surface area contributed by atoms with E-state index in [1.807, 2.05) is 0 Å². The molecule has 0 bridgehead atoms. The molecule has 0 N–H and O–H groups in total. The Labute approximate surface area is 148 Å². The minimum Gasteiger partial charge on any atom is -0.286 e. The number of allylic oxidation sites excluding steroid dienone is 1. The highest BCUT2D eigenvalue weighted by atomic mass is 79.9. The van der Waals surface area contributed by atoms with Gasteiger partial charge in [-0.1, -0.05) is 95.7 Å². The summed E-state index contributed by atoms with van der Waals surface area (Å²) in [6.45, 7) is 5.52. The van der Waals surface area contributed by atoms with Crippen LogP contribution in [0.15, 0.2) is 72.8 Å². The summed E-state index contributed by atoms with van der Waals surface area (Å²) < 4.78 is 0.0351. The van der Waals surface area contributed by atoms with Crippen molar-refractivity contribution in [2.45, 2.75) is 36.7 Å². The monoisotopic (exact) mass is 369 g/mol. The highest BCUT2D eigenvalue weighted by molar-refractivity contribution is 9.10. The van der Waals surface area contributed by atoms with Crippen molar-refractivity contribution in [2.75, 3.05) is 6.54 Å². The first-order valence-electron chi connectivity index (χ1n) is 8.38. The van der Waals surface area contributed by atoms with Gasteiger partial charge in [-0.3, -0.25) is 4.90 Å². The second-order valence-corrected chi connectivity index (χ2v) is 7.79. The maximum absolute atomic E-state index is 4.02. The lowest BCUT2D eigenvalue weighted by Crippen LogP contribution is -2.59. The first-order chi connectivity index (χ1) is 11.2. The van der Waals surface area contributed by atoms with Gasteiger partial charge in [-0.05, 0) is 24.5 Å². The van der Waals surface area contributed by atoms with Gasteiger partial charge in [0, 0.05) is 12.6 Å². The lowest BCUT2D eigenvalue weighted by molar-refractivity contribution is 0.0270. The first-order valence-corrected chi connectivity index (χ1v) is 9.17. The van der Waals surface area contributed by atoms with E-state index in [0.29, 0.717) is 12.1 Å². The van der Waals surface area contributed by atoms with Crippen molar-refractivity contribution < 1.29 is 0 Å². The van der Waals surface area contributed by atoms with Crippen molar-refractivity contribution in [3.63, 3.8) is 0 Å². The number of hydrogen-bond acceptors (Lipinski definition) is 1. The summed E-state index contributed by atoms with van der Waals surface area (Å²) in [6, 6.07) is 22.4. The highest BCUT2D eigenvalue weighted by Crippen LogP contribution is 2.52. The van der Waals surface area contributed by atoms with Gasteiger partial charge in [0.05, 0.1) is 10.4 Å². The average Bonchev–Trinajstić information content (AvgIpc) is 2.59. The summed E-state index contributed by atoms with van der Waals surface area (Å²) in [7, 11) is 0. The van der Waals surface area contributed by atoms with Crippen LogP contribution in [0.5, 0.6) is 0 Å². The molecule has 1 aliphatic rings. The third kappa shape index (κ3) is 3.29. The van der Waals surface area contributed by atoms with Gasteiger partial charge in [-0.2, -0.15) is 0 Å². The predicted octanol–water partition coefficient (Wildman–Crippen LogP) is 5.90. The zero-order valence-electron chi connectivity index (χ0n) is 13.8. The van der Waals surface area contributed by atoms with E-state index in [4.69, 9.17) is 0 Å². The molecule has 0 saturated carbocycles. The topological polar surface area (TPSA) is 3.24 Å². The molecule has 0 aromatic heterocycles. The maximum Gasteiger partial charge on any atom is 0.0760 e. The van der Waals surface area contributed by atoms with E-state index < -0.39 is 0 Å². The largest absolute Gasteiger partial charge is 0.286 e. The van der Waals surface area contributed by atoms with E-state index in [-0.39, 0.29) is 4.32 Å². The SMILES string of the molecule is CC/C=C/[C@@]1(Br)CN([C@@H](C)c2ccccc2)[C@@H]1c1ccccc1. The molecule has 1 fully saturated rings. The summed E-state index contributed by atoms with van der Waals surface area (Å²) in [5.74, 6) is 0. The Morgan fingerprint density at radius 2 is 1.74 bits per heavy atom. The summed E-state index contributed by atoms with van der Waals surface area (Å²) in [5.41, 5.74) is 2.75. The van der Waals surface area contributed by atoms with E-state index in [1.165, 1.54) is 11.1 Å². The third-order valence-electron chi connectivity index (χ3n) is 4.74. The fraction of sp³-hybridized carbons (Fsp3) is 0.333. The molecule has 2 aromatic carbocycles. The Hall–Kier alpha value is -1.38. The first kappa shape index (κ1) is 16.5. The normalized spacial score (nSPS) is 26.1. The summed E-state index contributed by atoms with van der Waals surface area (Å²) in [5, 5.41) is 0. The number of benzene rings is 2. The fourth-order valence-electron chi connectivity index (χ4n) is 3.47. The van der Waals surface area contributed by atoms with Gasteiger partial charge in [0.15, 0.2) is 0 Å². The molecule has 1 saturated heterocycles. The number of nitrogens with zero attached hydrogens (tertiary/aromatic N) is 1. The predicted molar refractivity (Wildman–Crippen MR) is 102 cm³/mol. The highest BCUT2D eigenvalue weighted by Gasteiger charge is 2.51. The molecule has 0 amide bonds. The Balaban J connectivity index is 1.91. The standard InChI is InChI=1S/C21H24BrN/c1-3-4-15-21(22)16-23(17(2)18-11-7-5-8-12-18)20(21)19-13-9-6-10-14-19/h4-15,17,20H,3,16H2,1-2H3/b15-4+/t17-,20+,21+/m0/s1. The van der Waals surface area contributed by atoms with Crippen molar-refractivity contribution in [1.82, 2.24) is 4.90 Å². The Morgan fingerprint density at radius 1 is 1.13 bits per heavy atom. The van der Waals surface area contributed by atoms with Crippen LogP contribution < -0.4 is 0 Å². The van der Waals surface area contributed by atoms with E-state index in [0.717, 1.165) is 13.0 Å². The molecular weight excluding hydrogens is 346 g/mol. The average molecular weight is 370 g/mol. The van der Waals surface area contributed by atoms with Crippen LogP contribution in [-0.2, 0) is 0 Å². The van der Waals surface area contributed by atoms with Crippen LogP contribution in [0.25, 0.3) is 0 Å². The van der Waals surface area contributed by atoms with E-state index in [9.17, 15) is 0 Å². The quantitative estimate of drug-likeness (QED) is 0.468. The molecule has 120 valence electrons. The number of hydrogen-bond donors (Lipinski definition) is 0. The van der Waals surface area contributed by atoms with Gasteiger partial charge in [0.25, 0.3) is 0 Å². The third-order valence-corrected chi connectivity index (χ3v) is 5.69. The van der Waals surface area contributed by atoms with Gasteiger partial charge in [0.2, 0.25) is 0 Å². The summed E-state index contributed by atoms with van der Waals surface area (Å²) >= 11 is 4.02. The second kappa shape index (κ2) is 7.02. The molecule has 2 heteroatoms. The zero-order valence-corrected chi connectivity index (χ0v) is 15.4. The van der Waals surface area contributed by atoms with Crippen LogP contribution in [0, 0.1) is 0 Å². The Morgan fingerprint density at radius 3 is 2.35 bits per heavy atom. The number of alkyl halides is 1. The van der Waals surface area contributed by atoms with Crippen LogP contribution in [0.2, 0.25) is 0 Å². The molecule has 2 aromatic rings. The molecule has 0 unspecified atom stereocenters. The van der Waals surface area contributed by atoms with Gasteiger partial charge in [-0.25, -0.2) is 0 Å². The lowest BCUT2D eigenvalue weighted by atomic mass is 9.80. The van der Waals surface area contributed by atoms with Crippen molar-refractivity contribution >= 4 is 15.9 Å². The maximum atomic E-state index is 4.02. The molecular formula is C21H24BrN. The van der Waals surface area contributed by atoms with Gasteiger partial charge < -0.3 is 0 Å². The van der Waals surface area contributed by atoms with E-state index in [2.05, 4.69) is 107 Å². The summed E-state index contributed by atoms with van der Waals surface area (Å²) in [4.78, 5) is 2.58. The molecule has 1 heterocycles. The molecule has 23 heavy (non-hydrogen) atoms. The van der Waals surface area contributed by atoms with Gasteiger partial charge in [-0.15, -0.1) is 0 Å². The minimum absolute atomic E-state index is 0.0351. The molecule has 0 aliphatic carbocycles. The van der Waals surface area contributed by atoms with Crippen molar-refractivity contribution in [2.24, 2.45) is 0 Å². The van der Waals surface area contributed by atoms with Gasteiger partial charge in [0.1, 0.15) is 0 Å². The molecule has 1 nitrogen and oxygen atoms in total. The molecule has 3 rings (SSSR count). The fourth-order valence-corrected chi connectivity index (χ4v) is 4.47. The van der Waals surface area contributed by atoms with Crippen molar-refractivity contribution in [3.05, 3.63) is 83.9 Å². The van der Waals surface area contributed by atoms with Crippen LogP contribution in [0.3, 0.4) is 0 Å². The van der Waals surface area contributed by atoms with E-state index >= 15 is 0 Å². The number of likely N-dealkylation sites (tertiary alicyclic amines) is 1. The molecule has 0 spiro atoms. The van der Waals surface area contributed by atoms with E-state index in [1.54, 1.807) is 0 Å². The van der Waals surface area contributed by atoms with Crippen molar-refractivity contribution in [1.29, 1.82) is 0 Å². The molecule has 0 radical (unpaired) electrons. The number of halogens is 1. The Bertz CT molecular complexity index is 652. The number of rotatable bonds is 5. The van der Waals surface area contributed by atoms with Crippen molar-refractivity contribution in [3.8, 4) is 0 Å². The summed E-state index contributed by atoms with van der Waals surface area (Å²) in [6.07, 6.45) is 5.69. The minimum atomic E-state index is 0.0351. The Kier molecular flexibility index (Phi) is 5.03. The zero-order chi connectivity index (χ0) is 16.3. The van der Waals surface area contributed by atoms with Crippen LogP contribution in [0.1, 0.15) is 43.5 Å².